The number of ether oxygens (including phenoxy) is 3. The van der Waals surface area contributed by atoms with Crippen LogP contribution in [0, 0.1) is 0 Å². The molecule has 0 aromatic carbocycles. The third kappa shape index (κ3) is 21.4. The van der Waals surface area contributed by atoms with Crippen LogP contribution in [0.1, 0.15) is 104 Å². The summed E-state index contributed by atoms with van der Waals surface area (Å²) in [6.45, 7) is 7.28. The smallest absolute Gasteiger partial charge is 0.305 e. The van der Waals surface area contributed by atoms with Crippen LogP contribution in [0.5, 0.6) is 0 Å². The molecule has 0 fully saturated rings. The summed E-state index contributed by atoms with van der Waals surface area (Å²) in [4.78, 5) is 11.6. The van der Waals surface area contributed by atoms with E-state index in [1.807, 2.05) is 0 Å². The van der Waals surface area contributed by atoms with E-state index >= 15 is 0 Å². The number of carbonyl (C=O) groups excluding carboxylic acids is 1. The second-order valence-corrected chi connectivity index (χ2v) is 7.08. The summed E-state index contributed by atoms with van der Waals surface area (Å²) in [7, 11) is 0. The van der Waals surface area contributed by atoms with Crippen LogP contribution in [0.15, 0.2) is 0 Å². The number of hydrogen-bond donors (Lipinski definition) is 0. The normalized spacial score (nSPS) is 11.0. The minimum absolute atomic E-state index is 0.0938. The standard InChI is InChI=1S/C22H44O4/c1-3-5-7-9-10-11-12-13-14-16-22(23)26-21-20-25-19-18-24-17-15-8-6-4-2/h3-21H2,1-2H3. The zero-order valence-corrected chi connectivity index (χ0v) is 17.6. The Morgan fingerprint density at radius 2 is 1.00 bits per heavy atom. The minimum atomic E-state index is -0.0938. The molecule has 4 nitrogen and oxygen atoms in total. The van der Waals surface area contributed by atoms with Crippen LogP contribution in [0.2, 0.25) is 0 Å². The highest BCUT2D eigenvalue weighted by atomic mass is 16.6. The first-order valence-corrected chi connectivity index (χ1v) is 11.1. The Morgan fingerprint density at radius 3 is 1.62 bits per heavy atom. The van der Waals surface area contributed by atoms with Crippen LogP contribution < -0.4 is 0 Å². The van der Waals surface area contributed by atoms with Gasteiger partial charge in [0, 0.05) is 13.0 Å². The van der Waals surface area contributed by atoms with Gasteiger partial charge in [0.25, 0.3) is 0 Å². The highest BCUT2D eigenvalue weighted by Gasteiger charge is 2.02. The van der Waals surface area contributed by atoms with Gasteiger partial charge in [-0.3, -0.25) is 4.79 Å². The fourth-order valence-corrected chi connectivity index (χ4v) is 2.82. The van der Waals surface area contributed by atoms with Crippen molar-refractivity contribution in [2.75, 3.05) is 33.0 Å². The summed E-state index contributed by atoms with van der Waals surface area (Å²) in [5.41, 5.74) is 0. The summed E-state index contributed by atoms with van der Waals surface area (Å²) < 4.78 is 16.1. The Morgan fingerprint density at radius 1 is 0.538 bits per heavy atom. The molecular formula is C22H44O4. The fraction of sp³-hybridized carbons (Fsp3) is 0.955. The van der Waals surface area contributed by atoms with Crippen molar-refractivity contribution in [3.05, 3.63) is 0 Å². The molecule has 0 aliphatic carbocycles. The second-order valence-electron chi connectivity index (χ2n) is 7.08. The number of unbranched alkanes of at least 4 members (excludes halogenated alkanes) is 11. The molecule has 0 rings (SSSR count). The van der Waals surface area contributed by atoms with E-state index in [9.17, 15) is 4.79 Å². The molecule has 0 aromatic heterocycles. The van der Waals surface area contributed by atoms with E-state index in [2.05, 4.69) is 13.8 Å². The van der Waals surface area contributed by atoms with E-state index in [4.69, 9.17) is 14.2 Å². The SMILES string of the molecule is CCCCCCCCCCCC(=O)OCCOCCOCCCCCC. The van der Waals surface area contributed by atoms with Crippen LogP contribution in [0.4, 0.5) is 0 Å². The molecular weight excluding hydrogens is 328 g/mol. The van der Waals surface area contributed by atoms with Gasteiger partial charge in [-0.05, 0) is 12.8 Å². The van der Waals surface area contributed by atoms with Crippen LogP contribution in [0.3, 0.4) is 0 Å². The molecule has 0 radical (unpaired) electrons. The Balaban J connectivity index is 3.13. The summed E-state index contributed by atoms with van der Waals surface area (Å²) in [5.74, 6) is -0.0938. The zero-order chi connectivity index (χ0) is 19.1. The predicted octanol–water partition coefficient (Wildman–Crippen LogP) is 6.06. The average Bonchev–Trinajstić information content (AvgIpc) is 2.64. The maximum absolute atomic E-state index is 11.6. The van der Waals surface area contributed by atoms with Crippen molar-refractivity contribution in [2.45, 2.75) is 104 Å². The van der Waals surface area contributed by atoms with Crippen LogP contribution in [0.25, 0.3) is 0 Å². The lowest BCUT2D eigenvalue weighted by atomic mass is 10.1. The van der Waals surface area contributed by atoms with Gasteiger partial charge in [0.1, 0.15) is 6.61 Å². The molecule has 0 heterocycles. The third-order valence-corrected chi connectivity index (χ3v) is 4.49. The van der Waals surface area contributed by atoms with E-state index < -0.39 is 0 Å². The van der Waals surface area contributed by atoms with Crippen LogP contribution in [-0.4, -0.2) is 39.0 Å². The lowest BCUT2D eigenvalue weighted by Crippen LogP contribution is -2.13. The molecule has 4 heteroatoms. The molecule has 156 valence electrons. The third-order valence-electron chi connectivity index (χ3n) is 4.49. The topological polar surface area (TPSA) is 44.8 Å². The quantitative estimate of drug-likeness (QED) is 0.181. The van der Waals surface area contributed by atoms with Crippen molar-refractivity contribution < 1.29 is 19.0 Å². The molecule has 0 saturated heterocycles. The highest BCUT2D eigenvalue weighted by molar-refractivity contribution is 5.69. The first-order valence-electron chi connectivity index (χ1n) is 11.1. The van der Waals surface area contributed by atoms with Gasteiger partial charge in [0.2, 0.25) is 0 Å². The molecule has 26 heavy (non-hydrogen) atoms. The molecule has 0 aliphatic rings. The van der Waals surface area contributed by atoms with E-state index in [1.165, 1.54) is 64.2 Å². The Bertz CT molecular complexity index is 281. The Kier molecular flexibility index (Phi) is 21.9. The molecule has 0 aromatic rings. The van der Waals surface area contributed by atoms with Gasteiger partial charge in [-0.15, -0.1) is 0 Å². The molecule has 0 aliphatic heterocycles. The average molecular weight is 373 g/mol. The molecule has 0 atom stereocenters. The summed E-state index contributed by atoms with van der Waals surface area (Å²) >= 11 is 0. The lowest BCUT2D eigenvalue weighted by Gasteiger charge is -2.07. The number of hydrogen-bond acceptors (Lipinski definition) is 4. The van der Waals surface area contributed by atoms with Crippen LogP contribution >= 0.6 is 0 Å². The lowest BCUT2D eigenvalue weighted by molar-refractivity contribution is -0.145. The number of carbonyl (C=O) groups is 1. The molecule has 0 saturated carbocycles. The molecule has 0 unspecified atom stereocenters. The summed E-state index contributed by atoms with van der Waals surface area (Å²) in [6.07, 6.45) is 16.8. The maximum Gasteiger partial charge on any atom is 0.305 e. The fourth-order valence-electron chi connectivity index (χ4n) is 2.82. The zero-order valence-electron chi connectivity index (χ0n) is 17.6. The van der Waals surface area contributed by atoms with Gasteiger partial charge in [-0.25, -0.2) is 0 Å². The Hall–Kier alpha value is -0.610. The van der Waals surface area contributed by atoms with Gasteiger partial charge in [-0.1, -0.05) is 84.5 Å². The first-order chi connectivity index (χ1) is 12.8. The van der Waals surface area contributed by atoms with Crippen molar-refractivity contribution in [3.8, 4) is 0 Å². The van der Waals surface area contributed by atoms with Crippen molar-refractivity contribution >= 4 is 5.97 Å². The van der Waals surface area contributed by atoms with Gasteiger partial charge in [-0.2, -0.15) is 0 Å². The van der Waals surface area contributed by atoms with Gasteiger partial charge < -0.3 is 14.2 Å². The van der Waals surface area contributed by atoms with Crippen molar-refractivity contribution in [1.82, 2.24) is 0 Å². The largest absolute Gasteiger partial charge is 0.463 e. The predicted molar refractivity (Wildman–Crippen MR) is 109 cm³/mol. The molecule has 0 amide bonds. The van der Waals surface area contributed by atoms with E-state index in [0.29, 0.717) is 32.8 Å². The van der Waals surface area contributed by atoms with E-state index in [1.54, 1.807) is 0 Å². The number of esters is 1. The molecule has 0 spiro atoms. The monoisotopic (exact) mass is 372 g/mol. The van der Waals surface area contributed by atoms with E-state index in [0.717, 1.165) is 25.9 Å². The van der Waals surface area contributed by atoms with Crippen molar-refractivity contribution in [2.24, 2.45) is 0 Å². The van der Waals surface area contributed by atoms with Gasteiger partial charge >= 0.3 is 5.97 Å². The summed E-state index contributed by atoms with van der Waals surface area (Å²) in [6, 6.07) is 0. The molecule has 0 N–H and O–H groups in total. The minimum Gasteiger partial charge on any atom is -0.463 e. The Labute approximate surface area is 162 Å². The van der Waals surface area contributed by atoms with E-state index in [-0.39, 0.29) is 5.97 Å². The second kappa shape index (κ2) is 22.4. The molecule has 0 bridgehead atoms. The first kappa shape index (κ1) is 25.4. The van der Waals surface area contributed by atoms with Gasteiger partial charge in [0.05, 0.1) is 19.8 Å². The van der Waals surface area contributed by atoms with Gasteiger partial charge in [0.15, 0.2) is 0 Å². The van der Waals surface area contributed by atoms with Crippen molar-refractivity contribution in [1.29, 1.82) is 0 Å². The number of rotatable bonds is 21. The highest BCUT2D eigenvalue weighted by Crippen LogP contribution is 2.10. The van der Waals surface area contributed by atoms with Crippen LogP contribution in [-0.2, 0) is 19.0 Å². The summed E-state index contributed by atoms with van der Waals surface area (Å²) in [5, 5.41) is 0. The van der Waals surface area contributed by atoms with Crippen molar-refractivity contribution in [3.63, 3.8) is 0 Å². The maximum atomic E-state index is 11.6.